The zero-order chi connectivity index (χ0) is 20.8. The summed E-state index contributed by atoms with van der Waals surface area (Å²) >= 11 is 1.53. The number of nitrogens with zero attached hydrogens (tertiary/aromatic N) is 3. The number of piperazine rings is 1. The highest BCUT2D eigenvalue weighted by Crippen LogP contribution is 2.27. The van der Waals surface area contributed by atoms with Gasteiger partial charge in [0, 0.05) is 37.5 Å². The lowest BCUT2D eigenvalue weighted by molar-refractivity contribution is -0.113. The molecule has 7 heteroatoms. The van der Waals surface area contributed by atoms with Crippen LogP contribution in [0.25, 0.3) is 11.5 Å². The minimum atomic E-state index is -0.00615. The lowest BCUT2D eigenvalue weighted by Crippen LogP contribution is -2.44. The second-order valence-electron chi connectivity index (χ2n) is 7.36. The molecule has 2 heterocycles. The number of rotatable bonds is 7. The fraction of sp³-hybridized carbons (Fsp3) is 0.304. The van der Waals surface area contributed by atoms with Crippen molar-refractivity contribution in [2.24, 2.45) is 0 Å². The van der Waals surface area contributed by atoms with Crippen molar-refractivity contribution >= 4 is 29.0 Å². The Kier molecular flexibility index (Phi) is 6.71. The first-order valence-electron chi connectivity index (χ1n) is 10.1. The van der Waals surface area contributed by atoms with Gasteiger partial charge in [0.05, 0.1) is 22.8 Å². The van der Waals surface area contributed by atoms with Gasteiger partial charge >= 0.3 is 0 Å². The highest BCUT2D eigenvalue weighted by atomic mass is 32.2. The van der Waals surface area contributed by atoms with E-state index in [-0.39, 0.29) is 5.91 Å². The number of oxazole rings is 1. The zero-order valence-corrected chi connectivity index (χ0v) is 17.9. The largest absolute Gasteiger partial charge is 0.444 e. The molecule has 156 valence electrons. The third-order valence-electron chi connectivity index (χ3n) is 5.08. The molecule has 3 aromatic rings. The average Bonchev–Trinajstić information content (AvgIpc) is 3.24. The molecule has 1 amide bonds. The Labute approximate surface area is 181 Å². The topological polar surface area (TPSA) is 61.6 Å². The molecule has 2 aromatic carbocycles. The van der Waals surface area contributed by atoms with Crippen molar-refractivity contribution < 1.29 is 9.21 Å². The Balaban J connectivity index is 1.29. The molecular weight excluding hydrogens is 396 g/mol. The average molecular weight is 423 g/mol. The van der Waals surface area contributed by atoms with Gasteiger partial charge in [-0.3, -0.25) is 4.79 Å². The number of aromatic nitrogens is 1. The lowest BCUT2D eigenvalue weighted by Gasteiger charge is -2.35. The van der Waals surface area contributed by atoms with Crippen molar-refractivity contribution in [2.75, 3.05) is 49.2 Å². The van der Waals surface area contributed by atoms with E-state index < -0.39 is 0 Å². The minimum absolute atomic E-state index is 0.00615. The standard InChI is InChI=1S/C23H26N4O2S/c1-26-11-13-27(14-12-26)21-10-6-5-9-20(21)25-22(28)17-30-16-19-15-29-23(24-19)18-7-3-2-4-8-18/h2-10,15H,11-14,16-17H2,1H3,(H,25,28). The SMILES string of the molecule is CN1CCN(c2ccccc2NC(=O)CSCc2coc(-c3ccccc3)n2)CC1. The second kappa shape index (κ2) is 9.82. The molecule has 0 bridgehead atoms. The molecule has 4 rings (SSSR count). The van der Waals surface area contributed by atoms with E-state index in [2.05, 4.69) is 33.2 Å². The molecule has 6 nitrogen and oxygen atoms in total. The summed E-state index contributed by atoms with van der Waals surface area (Å²) in [5.41, 5.74) is 3.75. The van der Waals surface area contributed by atoms with Crippen molar-refractivity contribution in [3.8, 4) is 11.5 Å². The van der Waals surface area contributed by atoms with E-state index in [1.54, 1.807) is 6.26 Å². The van der Waals surface area contributed by atoms with E-state index in [1.807, 2.05) is 48.5 Å². The van der Waals surface area contributed by atoms with Gasteiger partial charge in [-0.15, -0.1) is 11.8 Å². The van der Waals surface area contributed by atoms with E-state index in [1.165, 1.54) is 11.8 Å². The molecule has 0 aliphatic carbocycles. The summed E-state index contributed by atoms with van der Waals surface area (Å²) in [6.07, 6.45) is 1.66. The Morgan fingerprint density at radius 2 is 1.80 bits per heavy atom. The molecule has 1 aromatic heterocycles. The van der Waals surface area contributed by atoms with Crippen LogP contribution in [0.15, 0.2) is 65.3 Å². The van der Waals surface area contributed by atoms with Crippen LogP contribution in [0, 0.1) is 0 Å². The number of hydrogen-bond donors (Lipinski definition) is 1. The second-order valence-corrected chi connectivity index (χ2v) is 8.34. The number of likely N-dealkylation sites (N-methyl/N-ethyl adjacent to an activating group) is 1. The van der Waals surface area contributed by atoms with Gasteiger partial charge < -0.3 is 19.5 Å². The summed E-state index contributed by atoms with van der Waals surface area (Å²) < 4.78 is 5.56. The summed E-state index contributed by atoms with van der Waals surface area (Å²) in [6.45, 7) is 3.99. The molecule has 1 saturated heterocycles. The van der Waals surface area contributed by atoms with Crippen LogP contribution in [0.2, 0.25) is 0 Å². The monoisotopic (exact) mass is 422 g/mol. The predicted molar refractivity (Wildman–Crippen MR) is 123 cm³/mol. The van der Waals surface area contributed by atoms with E-state index in [4.69, 9.17) is 4.42 Å². The maximum Gasteiger partial charge on any atom is 0.234 e. The number of anilines is 2. The number of carbonyl (C=O) groups excluding carboxylic acids is 1. The third-order valence-corrected chi connectivity index (χ3v) is 6.04. The van der Waals surface area contributed by atoms with Crippen molar-refractivity contribution in [1.82, 2.24) is 9.88 Å². The van der Waals surface area contributed by atoms with Gasteiger partial charge in [-0.2, -0.15) is 0 Å². The molecule has 1 N–H and O–H groups in total. The van der Waals surface area contributed by atoms with Crippen molar-refractivity contribution in [3.05, 3.63) is 66.6 Å². The van der Waals surface area contributed by atoms with E-state index in [0.29, 0.717) is 17.4 Å². The first-order chi connectivity index (χ1) is 14.7. The van der Waals surface area contributed by atoms with Gasteiger partial charge in [0.2, 0.25) is 11.8 Å². The Hall–Kier alpha value is -2.77. The summed E-state index contributed by atoms with van der Waals surface area (Å²) in [5.74, 6) is 1.60. The molecule has 0 unspecified atom stereocenters. The van der Waals surface area contributed by atoms with Gasteiger partial charge in [0.15, 0.2) is 0 Å². The number of benzene rings is 2. The molecule has 0 atom stereocenters. The summed E-state index contributed by atoms with van der Waals surface area (Å²) in [5, 5.41) is 3.08. The van der Waals surface area contributed by atoms with Gasteiger partial charge in [-0.05, 0) is 31.3 Å². The number of thioether (sulfide) groups is 1. The molecule has 0 spiro atoms. The summed E-state index contributed by atoms with van der Waals surface area (Å²) in [6, 6.07) is 17.8. The maximum atomic E-state index is 12.5. The number of hydrogen-bond acceptors (Lipinski definition) is 6. The number of carbonyl (C=O) groups is 1. The van der Waals surface area contributed by atoms with E-state index in [9.17, 15) is 4.79 Å². The van der Waals surface area contributed by atoms with Gasteiger partial charge in [-0.1, -0.05) is 30.3 Å². The quantitative estimate of drug-likeness (QED) is 0.622. The summed E-state index contributed by atoms with van der Waals surface area (Å²) in [4.78, 5) is 21.7. The summed E-state index contributed by atoms with van der Waals surface area (Å²) in [7, 11) is 2.14. The maximum absolute atomic E-state index is 12.5. The van der Waals surface area contributed by atoms with Crippen LogP contribution in [-0.2, 0) is 10.5 Å². The Morgan fingerprint density at radius 3 is 2.60 bits per heavy atom. The van der Waals surface area contributed by atoms with Gasteiger partial charge in [0.1, 0.15) is 6.26 Å². The van der Waals surface area contributed by atoms with Crippen LogP contribution in [0.4, 0.5) is 11.4 Å². The molecule has 0 saturated carbocycles. The van der Waals surface area contributed by atoms with Crippen LogP contribution in [0.3, 0.4) is 0 Å². The molecule has 1 fully saturated rings. The van der Waals surface area contributed by atoms with E-state index >= 15 is 0 Å². The third kappa shape index (κ3) is 5.23. The Bertz CT molecular complexity index is 968. The van der Waals surface area contributed by atoms with Crippen LogP contribution in [0.5, 0.6) is 0 Å². The first-order valence-corrected chi connectivity index (χ1v) is 11.2. The van der Waals surface area contributed by atoms with Gasteiger partial charge in [0.25, 0.3) is 0 Å². The van der Waals surface area contributed by atoms with Crippen molar-refractivity contribution in [2.45, 2.75) is 5.75 Å². The highest BCUT2D eigenvalue weighted by Gasteiger charge is 2.17. The zero-order valence-electron chi connectivity index (χ0n) is 17.1. The van der Waals surface area contributed by atoms with Crippen molar-refractivity contribution in [3.63, 3.8) is 0 Å². The van der Waals surface area contributed by atoms with Crippen molar-refractivity contribution in [1.29, 1.82) is 0 Å². The number of nitrogens with one attached hydrogen (secondary N) is 1. The Morgan fingerprint density at radius 1 is 1.07 bits per heavy atom. The van der Waals surface area contributed by atoms with Gasteiger partial charge in [-0.25, -0.2) is 4.98 Å². The van der Waals surface area contributed by atoms with Crippen LogP contribution >= 0.6 is 11.8 Å². The molecule has 30 heavy (non-hydrogen) atoms. The predicted octanol–water partition coefficient (Wildman–Crippen LogP) is 3.97. The smallest absolute Gasteiger partial charge is 0.234 e. The van der Waals surface area contributed by atoms with Crippen LogP contribution in [0.1, 0.15) is 5.69 Å². The normalized spacial score (nSPS) is 14.6. The molecule has 1 aliphatic heterocycles. The molecule has 1 aliphatic rings. The van der Waals surface area contributed by atoms with E-state index in [0.717, 1.165) is 48.8 Å². The van der Waals surface area contributed by atoms with Crippen LogP contribution in [-0.4, -0.2) is 54.8 Å². The number of amides is 1. The fourth-order valence-corrected chi connectivity index (χ4v) is 4.12. The number of para-hydroxylation sites is 2. The molecule has 0 radical (unpaired) electrons. The minimum Gasteiger partial charge on any atom is -0.444 e. The molecular formula is C23H26N4O2S. The highest BCUT2D eigenvalue weighted by molar-refractivity contribution is 7.99. The first kappa shape index (κ1) is 20.5. The van der Waals surface area contributed by atoms with Crippen LogP contribution < -0.4 is 10.2 Å². The fourth-order valence-electron chi connectivity index (χ4n) is 3.42. The lowest BCUT2D eigenvalue weighted by atomic mass is 10.2.